The number of likely N-dealkylation sites (tertiary alicyclic amines) is 1. The van der Waals surface area contributed by atoms with Gasteiger partial charge >= 0.3 is 5.97 Å². The van der Waals surface area contributed by atoms with Crippen LogP contribution in [0.1, 0.15) is 21.8 Å². The molecule has 0 unspecified atom stereocenters. The lowest BCUT2D eigenvalue weighted by molar-refractivity contribution is -0.151. The summed E-state index contributed by atoms with van der Waals surface area (Å²) in [6, 6.07) is 16.6. The van der Waals surface area contributed by atoms with Crippen LogP contribution in [0.3, 0.4) is 0 Å². The van der Waals surface area contributed by atoms with Gasteiger partial charge in [-0.25, -0.2) is 0 Å². The molecule has 6 nitrogen and oxygen atoms in total. The van der Waals surface area contributed by atoms with Crippen molar-refractivity contribution < 1.29 is 19.4 Å². The highest BCUT2D eigenvalue weighted by Gasteiger charge is 2.57. The van der Waals surface area contributed by atoms with Crippen LogP contribution in [0.25, 0.3) is 10.9 Å². The van der Waals surface area contributed by atoms with Crippen LogP contribution in [0.2, 0.25) is 0 Å². The van der Waals surface area contributed by atoms with Gasteiger partial charge in [0.2, 0.25) is 0 Å². The maximum Gasteiger partial charge on any atom is 0.315 e. The van der Waals surface area contributed by atoms with Gasteiger partial charge in [0, 0.05) is 41.7 Å². The molecule has 5 rings (SSSR count). The molecule has 2 atom stereocenters. The van der Waals surface area contributed by atoms with Gasteiger partial charge in [-0.2, -0.15) is 0 Å². The van der Waals surface area contributed by atoms with Crippen LogP contribution >= 0.6 is 0 Å². The van der Waals surface area contributed by atoms with E-state index in [0.29, 0.717) is 17.9 Å². The standard InChI is InChI=1S/C22H18N2O4/c25-20(15-7-8-18-14(10-15)4-3-9-23-18)24-11-17-16-5-1-2-6-19(16)28-13-22(17,12-24)21(26)27/h1-10,17H,11-13H2,(H,26,27)/t17-,22-/m0/s1. The summed E-state index contributed by atoms with van der Waals surface area (Å²) in [4.78, 5) is 31.3. The van der Waals surface area contributed by atoms with Crippen LogP contribution in [0.5, 0.6) is 5.75 Å². The molecule has 2 aliphatic heterocycles. The highest BCUT2D eigenvalue weighted by atomic mass is 16.5. The summed E-state index contributed by atoms with van der Waals surface area (Å²) in [5, 5.41) is 10.9. The summed E-state index contributed by atoms with van der Waals surface area (Å²) in [5.74, 6) is -0.681. The Labute approximate surface area is 161 Å². The van der Waals surface area contributed by atoms with Gasteiger partial charge in [-0.3, -0.25) is 14.6 Å². The average molecular weight is 374 g/mol. The molecule has 1 fully saturated rings. The molecule has 3 heterocycles. The van der Waals surface area contributed by atoms with E-state index >= 15 is 0 Å². The van der Waals surface area contributed by atoms with Crippen molar-refractivity contribution in [3.05, 3.63) is 71.9 Å². The van der Waals surface area contributed by atoms with Crippen LogP contribution in [0, 0.1) is 5.41 Å². The number of para-hydroxylation sites is 1. The van der Waals surface area contributed by atoms with Crippen molar-refractivity contribution in [3.8, 4) is 5.75 Å². The number of carboxylic acids is 1. The third-order valence-corrected chi connectivity index (χ3v) is 5.89. The summed E-state index contributed by atoms with van der Waals surface area (Å²) >= 11 is 0. The van der Waals surface area contributed by atoms with E-state index in [1.807, 2.05) is 48.5 Å². The topological polar surface area (TPSA) is 79.7 Å². The second-order valence-electron chi connectivity index (χ2n) is 7.44. The second-order valence-corrected chi connectivity index (χ2v) is 7.44. The number of pyridine rings is 1. The van der Waals surface area contributed by atoms with Gasteiger partial charge in [-0.05, 0) is 30.3 Å². The molecule has 140 valence electrons. The Kier molecular flexibility index (Phi) is 3.62. The van der Waals surface area contributed by atoms with E-state index < -0.39 is 11.4 Å². The van der Waals surface area contributed by atoms with Gasteiger partial charge < -0.3 is 14.7 Å². The van der Waals surface area contributed by atoms with Crippen LogP contribution in [0.15, 0.2) is 60.8 Å². The van der Waals surface area contributed by atoms with Crippen molar-refractivity contribution in [2.24, 2.45) is 5.41 Å². The molecule has 1 saturated heterocycles. The zero-order valence-corrected chi connectivity index (χ0v) is 15.0. The van der Waals surface area contributed by atoms with Crippen molar-refractivity contribution in [1.29, 1.82) is 0 Å². The molecule has 0 saturated carbocycles. The molecule has 0 spiro atoms. The van der Waals surface area contributed by atoms with Gasteiger partial charge in [0.25, 0.3) is 5.91 Å². The zero-order valence-electron chi connectivity index (χ0n) is 15.0. The Hall–Kier alpha value is -3.41. The van der Waals surface area contributed by atoms with Crippen molar-refractivity contribution in [3.63, 3.8) is 0 Å². The number of carbonyl (C=O) groups excluding carboxylic acids is 1. The van der Waals surface area contributed by atoms with Gasteiger partial charge in [0.05, 0.1) is 5.52 Å². The molecule has 0 aliphatic carbocycles. The minimum atomic E-state index is -1.12. The first-order valence-corrected chi connectivity index (χ1v) is 9.18. The van der Waals surface area contributed by atoms with Crippen LogP contribution in [-0.2, 0) is 4.79 Å². The summed E-state index contributed by atoms with van der Waals surface area (Å²) < 4.78 is 5.77. The summed E-state index contributed by atoms with van der Waals surface area (Å²) in [6.45, 7) is 0.553. The smallest absolute Gasteiger partial charge is 0.315 e. The van der Waals surface area contributed by atoms with Gasteiger partial charge in [-0.15, -0.1) is 0 Å². The number of ether oxygens (including phenoxy) is 1. The number of hydrogen-bond donors (Lipinski definition) is 1. The van der Waals surface area contributed by atoms with E-state index in [0.717, 1.165) is 16.5 Å². The molecule has 1 N–H and O–H groups in total. The van der Waals surface area contributed by atoms with E-state index in [4.69, 9.17) is 4.74 Å². The first-order valence-electron chi connectivity index (χ1n) is 9.18. The Bertz CT molecular complexity index is 1110. The number of aromatic nitrogens is 1. The molecule has 0 radical (unpaired) electrons. The first-order chi connectivity index (χ1) is 13.6. The molecule has 28 heavy (non-hydrogen) atoms. The lowest BCUT2D eigenvalue weighted by atomic mass is 9.73. The van der Waals surface area contributed by atoms with E-state index in [1.165, 1.54) is 0 Å². The molecule has 1 aromatic heterocycles. The lowest BCUT2D eigenvalue weighted by Crippen LogP contribution is -2.46. The highest BCUT2D eigenvalue weighted by Crippen LogP contribution is 2.49. The largest absolute Gasteiger partial charge is 0.492 e. The lowest BCUT2D eigenvalue weighted by Gasteiger charge is -2.35. The van der Waals surface area contributed by atoms with Gasteiger partial charge in [0.15, 0.2) is 0 Å². The maximum atomic E-state index is 13.2. The maximum absolute atomic E-state index is 13.2. The fourth-order valence-electron chi connectivity index (χ4n) is 4.38. The average Bonchev–Trinajstić information content (AvgIpc) is 3.15. The van der Waals surface area contributed by atoms with Crippen molar-refractivity contribution in [2.75, 3.05) is 19.7 Å². The number of carbonyl (C=O) groups is 2. The SMILES string of the molecule is O=C(c1ccc2ncccc2c1)N1C[C@H]2c3ccccc3OC[C@@]2(C(=O)O)C1. The molecular formula is C22H18N2O4. The molecule has 3 aromatic rings. The number of nitrogens with zero attached hydrogens (tertiary/aromatic N) is 2. The Balaban J connectivity index is 1.52. The van der Waals surface area contributed by atoms with E-state index in [2.05, 4.69) is 4.98 Å². The van der Waals surface area contributed by atoms with Crippen LogP contribution in [-0.4, -0.2) is 46.6 Å². The number of amides is 1. The van der Waals surface area contributed by atoms with Gasteiger partial charge in [-0.1, -0.05) is 24.3 Å². The van der Waals surface area contributed by atoms with Crippen molar-refractivity contribution in [1.82, 2.24) is 9.88 Å². The second kappa shape index (κ2) is 6.05. The molecule has 6 heteroatoms. The molecular weight excluding hydrogens is 356 g/mol. The minimum absolute atomic E-state index is 0.0649. The molecule has 2 aromatic carbocycles. The third-order valence-electron chi connectivity index (χ3n) is 5.89. The van der Waals surface area contributed by atoms with Crippen molar-refractivity contribution in [2.45, 2.75) is 5.92 Å². The van der Waals surface area contributed by atoms with E-state index in [1.54, 1.807) is 17.2 Å². The molecule has 0 bridgehead atoms. The Morgan fingerprint density at radius 2 is 2.00 bits per heavy atom. The van der Waals surface area contributed by atoms with Gasteiger partial charge in [0.1, 0.15) is 17.8 Å². The fourth-order valence-corrected chi connectivity index (χ4v) is 4.38. The van der Waals surface area contributed by atoms with Crippen LogP contribution < -0.4 is 4.74 Å². The zero-order chi connectivity index (χ0) is 19.3. The summed E-state index contributed by atoms with van der Waals surface area (Å²) in [6.07, 6.45) is 1.71. The summed E-state index contributed by atoms with van der Waals surface area (Å²) in [7, 11) is 0. The molecule has 1 amide bonds. The van der Waals surface area contributed by atoms with Crippen molar-refractivity contribution >= 4 is 22.8 Å². The number of carboxylic acid groups (broad SMARTS) is 1. The number of fused-ring (bicyclic) bond motifs is 4. The minimum Gasteiger partial charge on any atom is -0.492 e. The summed E-state index contributed by atoms with van der Waals surface area (Å²) in [5.41, 5.74) is 1.09. The monoisotopic (exact) mass is 374 g/mol. The van der Waals surface area contributed by atoms with Crippen LogP contribution in [0.4, 0.5) is 0 Å². The number of benzene rings is 2. The predicted molar refractivity (Wildman–Crippen MR) is 102 cm³/mol. The normalized spacial score (nSPS) is 23.0. The highest BCUT2D eigenvalue weighted by molar-refractivity contribution is 5.98. The van der Waals surface area contributed by atoms with E-state index in [9.17, 15) is 14.7 Å². The Morgan fingerprint density at radius 3 is 2.86 bits per heavy atom. The van der Waals surface area contributed by atoms with E-state index in [-0.39, 0.29) is 25.0 Å². The predicted octanol–water partition coefficient (Wildman–Crippen LogP) is 2.94. The number of hydrogen-bond acceptors (Lipinski definition) is 4. The quantitative estimate of drug-likeness (QED) is 0.746. The number of rotatable bonds is 2. The third kappa shape index (κ3) is 2.37. The fraction of sp³-hybridized carbons (Fsp3) is 0.227. The number of aliphatic carboxylic acids is 1. The Morgan fingerprint density at radius 1 is 1.14 bits per heavy atom. The molecule has 2 aliphatic rings. The first kappa shape index (κ1) is 16.7.